The van der Waals surface area contributed by atoms with Crippen molar-refractivity contribution >= 4 is 57.8 Å². The molecule has 4 amide bonds. The minimum atomic E-state index is -1.17. The molecule has 39 heavy (non-hydrogen) atoms. The summed E-state index contributed by atoms with van der Waals surface area (Å²) >= 11 is 0. The third kappa shape index (κ3) is 6.18. The molecule has 1 aliphatic rings. The molecular weight excluding hydrogens is 500 g/mol. The van der Waals surface area contributed by atoms with Crippen LogP contribution >= 0.6 is 0 Å². The van der Waals surface area contributed by atoms with E-state index in [1.54, 1.807) is 42.5 Å². The zero-order valence-corrected chi connectivity index (χ0v) is 21.5. The molecule has 0 aromatic heterocycles. The summed E-state index contributed by atoms with van der Waals surface area (Å²) in [6.45, 7) is 2.01. The van der Waals surface area contributed by atoms with Gasteiger partial charge in [0.25, 0.3) is 11.8 Å². The van der Waals surface area contributed by atoms with Crippen LogP contribution in [0.1, 0.15) is 30.6 Å². The number of amides is 4. The molecule has 0 spiro atoms. The fraction of sp³-hybridized carbons (Fsp3) is 0.241. The van der Waals surface area contributed by atoms with Gasteiger partial charge in [-0.15, -0.1) is 0 Å². The van der Waals surface area contributed by atoms with Crippen LogP contribution in [0.25, 0.3) is 10.8 Å². The third-order valence-corrected chi connectivity index (χ3v) is 6.41. The number of Topliss-reactive ketones (excluding diaryl/α,β-unsaturated/α-hetero) is 1. The van der Waals surface area contributed by atoms with Gasteiger partial charge in [-0.1, -0.05) is 42.5 Å². The second kappa shape index (κ2) is 11.7. The number of rotatable bonds is 8. The van der Waals surface area contributed by atoms with E-state index in [1.165, 1.54) is 23.6 Å². The fourth-order valence-electron chi connectivity index (χ4n) is 4.57. The molecule has 0 bridgehead atoms. The monoisotopic (exact) mass is 528 g/mol. The number of nitrogens with one attached hydrogen (secondary N) is 2. The Kier molecular flexibility index (Phi) is 8.14. The van der Waals surface area contributed by atoms with Gasteiger partial charge in [0.2, 0.25) is 11.8 Å². The van der Waals surface area contributed by atoms with Gasteiger partial charge in [0.1, 0.15) is 24.7 Å². The van der Waals surface area contributed by atoms with E-state index in [-0.39, 0.29) is 24.7 Å². The van der Waals surface area contributed by atoms with Crippen molar-refractivity contribution in [2.45, 2.75) is 32.4 Å². The van der Waals surface area contributed by atoms with Gasteiger partial charge in [-0.2, -0.15) is 0 Å². The molecule has 0 fully saturated rings. The minimum absolute atomic E-state index is 0.149. The number of hydrogen-bond acceptors (Lipinski definition) is 6. The lowest BCUT2D eigenvalue weighted by molar-refractivity contribution is -0.127. The van der Waals surface area contributed by atoms with Crippen LogP contribution in [0, 0.1) is 0 Å². The lowest BCUT2D eigenvalue weighted by atomic mass is 10.1. The molecule has 1 heterocycles. The number of hydrogen-bond donors (Lipinski definition) is 2. The lowest BCUT2D eigenvalue weighted by Gasteiger charge is -2.25. The average molecular weight is 529 g/mol. The van der Waals surface area contributed by atoms with Gasteiger partial charge in [-0.05, 0) is 42.0 Å². The predicted molar refractivity (Wildman–Crippen MR) is 145 cm³/mol. The highest BCUT2D eigenvalue weighted by Crippen LogP contribution is 2.33. The molecule has 1 aliphatic heterocycles. The average Bonchev–Trinajstić information content (AvgIpc) is 3.02. The van der Waals surface area contributed by atoms with E-state index in [0.717, 1.165) is 10.8 Å². The van der Waals surface area contributed by atoms with Crippen LogP contribution < -0.4 is 20.4 Å². The number of ketones is 1. The molecule has 10 heteroatoms. The maximum absolute atomic E-state index is 13.8. The second-order valence-corrected chi connectivity index (χ2v) is 9.35. The van der Waals surface area contributed by atoms with Crippen molar-refractivity contribution in [3.63, 3.8) is 0 Å². The van der Waals surface area contributed by atoms with Crippen molar-refractivity contribution in [2.24, 2.45) is 0 Å². The first kappa shape index (κ1) is 27.2. The maximum Gasteiger partial charge on any atom is 0.252 e. The van der Waals surface area contributed by atoms with Gasteiger partial charge in [-0.25, -0.2) is 0 Å². The molecule has 0 aliphatic carbocycles. The first-order chi connectivity index (χ1) is 18.7. The van der Waals surface area contributed by atoms with E-state index in [9.17, 15) is 28.8 Å². The van der Waals surface area contributed by atoms with Crippen LogP contribution in [0.3, 0.4) is 0 Å². The number of nitrogens with zero attached hydrogens (tertiary/aromatic N) is 2. The van der Waals surface area contributed by atoms with Crippen molar-refractivity contribution < 1.29 is 28.8 Å². The van der Waals surface area contributed by atoms with E-state index >= 15 is 0 Å². The minimum Gasteiger partial charge on any atom is -0.345 e. The smallest absolute Gasteiger partial charge is 0.252 e. The van der Waals surface area contributed by atoms with Crippen LogP contribution in [0.2, 0.25) is 0 Å². The van der Waals surface area contributed by atoms with Gasteiger partial charge in [0, 0.05) is 18.9 Å². The van der Waals surface area contributed by atoms with E-state index in [0.29, 0.717) is 23.2 Å². The summed E-state index contributed by atoms with van der Waals surface area (Å²) in [4.78, 5) is 77.9. The van der Waals surface area contributed by atoms with E-state index in [1.807, 2.05) is 24.3 Å². The van der Waals surface area contributed by atoms with Crippen molar-refractivity contribution in [3.8, 4) is 0 Å². The Morgan fingerprint density at radius 3 is 2.28 bits per heavy atom. The zero-order valence-electron chi connectivity index (χ0n) is 21.5. The zero-order chi connectivity index (χ0) is 28.1. The molecule has 0 saturated carbocycles. The molecular formula is C29H28N4O6. The topological polar surface area (TPSA) is 133 Å². The highest BCUT2D eigenvalue weighted by Gasteiger charge is 2.37. The Balaban J connectivity index is 1.64. The second-order valence-electron chi connectivity index (χ2n) is 9.35. The summed E-state index contributed by atoms with van der Waals surface area (Å²) in [5.74, 6) is -2.43. The summed E-state index contributed by atoms with van der Waals surface area (Å²) < 4.78 is 0. The number of carbonyl (C=O) groups excluding carboxylic acids is 6. The van der Waals surface area contributed by atoms with E-state index < -0.39 is 36.3 Å². The summed E-state index contributed by atoms with van der Waals surface area (Å²) in [5, 5.41) is 7.00. The number of benzene rings is 3. The van der Waals surface area contributed by atoms with Crippen molar-refractivity contribution in [2.75, 3.05) is 22.9 Å². The van der Waals surface area contributed by atoms with Gasteiger partial charge in [-0.3, -0.25) is 28.9 Å². The Bertz CT molecular complexity index is 1470. The summed E-state index contributed by atoms with van der Waals surface area (Å²) in [6, 6.07) is 17.1. The third-order valence-electron chi connectivity index (χ3n) is 6.41. The number of carbonyl (C=O) groups is 6. The van der Waals surface area contributed by atoms with Gasteiger partial charge in [0.05, 0.1) is 24.0 Å². The standard InChI is InChI=1S/C29H28N4O6/c1-18(35)13-23(17-34)30-27(37)16-33-26-10-6-5-9-25(26)32(19(2)36)15-24(29(33)39)31-28(38)22-12-11-20-7-3-4-8-21(20)14-22/h3-12,14,17,23-24H,13,15-16H2,1-2H3,(H,30,37)(H,31,38)/t23-,24-/m0/s1. The van der Waals surface area contributed by atoms with Crippen LogP contribution in [0.4, 0.5) is 11.4 Å². The van der Waals surface area contributed by atoms with Crippen molar-refractivity contribution in [1.82, 2.24) is 10.6 Å². The van der Waals surface area contributed by atoms with Crippen LogP contribution in [0.15, 0.2) is 66.7 Å². The summed E-state index contributed by atoms with van der Waals surface area (Å²) in [5.41, 5.74) is 1.02. The fourth-order valence-corrected chi connectivity index (χ4v) is 4.57. The van der Waals surface area contributed by atoms with E-state index in [2.05, 4.69) is 10.6 Å². The molecule has 4 rings (SSSR count). The molecule has 10 nitrogen and oxygen atoms in total. The first-order valence-corrected chi connectivity index (χ1v) is 12.4. The Morgan fingerprint density at radius 2 is 1.62 bits per heavy atom. The molecule has 0 radical (unpaired) electrons. The van der Waals surface area contributed by atoms with Crippen LogP contribution in [0.5, 0.6) is 0 Å². The molecule has 0 saturated heterocycles. The molecule has 2 N–H and O–H groups in total. The van der Waals surface area contributed by atoms with Crippen LogP contribution in [-0.2, 0) is 24.0 Å². The molecule has 2 atom stereocenters. The molecule has 200 valence electrons. The van der Waals surface area contributed by atoms with Crippen LogP contribution in [-0.4, -0.2) is 60.9 Å². The quantitative estimate of drug-likeness (QED) is 0.430. The number of aldehydes is 1. The first-order valence-electron chi connectivity index (χ1n) is 12.4. The van der Waals surface area contributed by atoms with Gasteiger partial charge < -0.3 is 20.3 Å². The maximum atomic E-state index is 13.8. The SMILES string of the molecule is CC(=O)C[C@@H](C=O)NC(=O)CN1C(=O)[C@@H](NC(=O)c2ccc3ccccc3c2)CN(C(C)=O)c2ccccc21. The number of fused-ring (bicyclic) bond motifs is 2. The van der Waals surface area contributed by atoms with E-state index in [4.69, 9.17) is 0 Å². The number of anilines is 2. The Hall–Kier alpha value is -4.86. The Morgan fingerprint density at radius 1 is 0.949 bits per heavy atom. The highest BCUT2D eigenvalue weighted by molar-refractivity contribution is 6.11. The number of para-hydroxylation sites is 2. The largest absolute Gasteiger partial charge is 0.345 e. The van der Waals surface area contributed by atoms with Gasteiger partial charge >= 0.3 is 0 Å². The normalized spacial score (nSPS) is 15.6. The molecule has 0 unspecified atom stereocenters. The highest BCUT2D eigenvalue weighted by atomic mass is 16.2. The summed E-state index contributed by atoms with van der Waals surface area (Å²) in [7, 11) is 0. The van der Waals surface area contributed by atoms with Crippen molar-refractivity contribution in [1.29, 1.82) is 0 Å². The van der Waals surface area contributed by atoms with Gasteiger partial charge in [0.15, 0.2) is 0 Å². The lowest BCUT2D eigenvalue weighted by Crippen LogP contribution is -2.54. The summed E-state index contributed by atoms with van der Waals surface area (Å²) in [6.07, 6.45) is 0.282. The predicted octanol–water partition coefficient (Wildman–Crippen LogP) is 2.00. The Labute approximate surface area is 224 Å². The van der Waals surface area contributed by atoms with Crippen molar-refractivity contribution in [3.05, 3.63) is 72.3 Å². The molecule has 3 aromatic rings. The molecule has 3 aromatic carbocycles.